The highest BCUT2D eigenvalue weighted by Crippen LogP contribution is 2.33. The molecule has 0 radical (unpaired) electrons. The molecule has 1 aliphatic rings. The second-order valence-electron chi connectivity index (χ2n) is 8.03. The molecule has 164 valence electrons. The standard InChI is InChI=1S/C23H28N4O3S/c1-16-12-20(13-17(2)23(16)30-3)31(28,29)25-15-18-14-22(21-10-6-7-11-24-21)27(26-18)19-8-4-5-9-19/h6-7,10-14,19,25H,4-5,8-9,15H2,1-3H3. The Morgan fingerprint density at radius 2 is 1.84 bits per heavy atom. The zero-order valence-electron chi connectivity index (χ0n) is 18.1. The van der Waals surface area contributed by atoms with Crippen LogP contribution in [0.4, 0.5) is 0 Å². The number of aryl methyl sites for hydroxylation is 2. The molecule has 0 spiro atoms. The van der Waals surface area contributed by atoms with Gasteiger partial charge in [0.25, 0.3) is 0 Å². The molecule has 3 aromatic rings. The van der Waals surface area contributed by atoms with Crippen LogP contribution in [0.2, 0.25) is 0 Å². The van der Waals surface area contributed by atoms with Gasteiger partial charge >= 0.3 is 0 Å². The number of nitrogens with one attached hydrogen (secondary N) is 1. The highest BCUT2D eigenvalue weighted by Gasteiger charge is 2.23. The number of rotatable bonds is 7. The quantitative estimate of drug-likeness (QED) is 0.596. The van der Waals surface area contributed by atoms with Crippen molar-refractivity contribution in [2.75, 3.05) is 7.11 Å². The number of ether oxygens (including phenoxy) is 1. The third kappa shape index (κ3) is 4.50. The fourth-order valence-corrected chi connectivity index (χ4v) is 5.47. The van der Waals surface area contributed by atoms with Crippen LogP contribution in [-0.2, 0) is 16.6 Å². The number of aromatic nitrogens is 3. The first-order valence-corrected chi connectivity index (χ1v) is 12.0. The van der Waals surface area contributed by atoms with Crippen LogP contribution >= 0.6 is 0 Å². The van der Waals surface area contributed by atoms with Gasteiger partial charge in [-0.2, -0.15) is 5.10 Å². The lowest BCUT2D eigenvalue weighted by Gasteiger charge is -2.13. The molecule has 4 rings (SSSR count). The summed E-state index contributed by atoms with van der Waals surface area (Å²) in [6.45, 7) is 3.80. The Bertz CT molecular complexity index is 1140. The van der Waals surface area contributed by atoms with Crippen LogP contribution in [0.1, 0.15) is 48.5 Å². The maximum atomic E-state index is 12.9. The van der Waals surface area contributed by atoms with Crippen molar-refractivity contribution in [3.63, 3.8) is 0 Å². The molecule has 8 heteroatoms. The molecule has 2 aromatic heterocycles. The zero-order valence-corrected chi connectivity index (χ0v) is 18.9. The molecule has 1 N–H and O–H groups in total. The Morgan fingerprint density at radius 1 is 1.13 bits per heavy atom. The van der Waals surface area contributed by atoms with Gasteiger partial charge in [-0.25, -0.2) is 13.1 Å². The van der Waals surface area contributed by atoms with Crippen LogP contribution in [0.5, 0.6) is 5.75 Å². The minimum absolute atomic E-state index is 0.117. The number of nitrogens with zero attached hydrogens (tertiary/aromatic N) is 3. The number of methoxy groups -OCH3 is 1. The van der Waals surface area contributed by atoms with Crippen molar-refractivity contribution >= 4 is 10.0 Å². The molecule has 2 heterocycles. The molecule has 0 bridgehead atoms. The Hall–Kier alpha value is -2.71. The van der Waals surface area contributed by atoms with Gasteiger partial charge in [-0.1, -0.05) is 18.9 Å². The topological polar surface area (TPSA) is 86.1 Å². The van der Waals surface area contributed by atoms with Crippen molar-refractivity contribution in [1.29, 1.82) is 0 Å². The molecule has 0 amide bonds. The van der Waals surface area contributed by atoms with Gasteiger partial charge in [0, 0.05) is 6.20 Å². The Balaban J connectivity index is 1.60. The molecular formula is C23H28N4O3S. The van der Waals surface area contributed by atoms with Crippen LogP contribution in [0, 0.1) is 13.8 Å². The smallest absolute Gasteiger partial charge is 0.240 e. The lowest BCUT2D eigenvalue weighted by atomic mass is 10.1. The van der Waals surface area contributed by atoms with Gasteiger partial charge < -0.3 is 4.74 Å². The van der Waals surface area contributed by atoms with E-state index in [4.69, 9.17) is 9.84 Å². The molecular weight excluding hydrogens is 412 g/mol. The lowest BCUT2D eigenvalue weighted by molar-refractivity contribution is 0.408. The summed E-state index contributed by atoms with van der Waals surface area (Å²) in [5, 5.41) is 4.76. The van der Waals surface area contributed by atoms with Crippen molar-refractivity contribution in [3.05, 3.63) is 59.4 Å². The summed E-state index contributed by atoms with van der Waals surface area (Å²) in [5.74, 6) is 0.703. The average molecular weight is 441 g/mol. The molecule has 0 unspecified atom stereocenters. The van der Waals surface area contributed by atoms with E-state index in [1.54, 1.807) is 25.4 Å². The molecule has 0 atom stereocenters. The van der Waals surface area contributed by atoms with Crippen LogP contribution in [-0.4, -0.2) is 30.3 Å². The van der Waals surface area contributed by atoms with Gasteiger partial charge in [0.05, 0.1) is 41.7 Å². The molecule has 1 aliphatic carbocycles. The number of hydrogen-bond acceptors (Lipinski definition) is 5. The summed E-state index contributed by atoms with van der Waals surface area (Å²) in [6.07, 6.45) is 6.29. The van der Waals surface area contributed by atoms with Crippen LogP contribution < -0.4 is 9.46 Å². The number of hydrogen-bond donors (Lipinski definition) is 1. The van der Waals surface area contributed by atoms with Crippen LogP contribution in [0.25, 0.3) is 11.4 Å². The van der Waals surface area contributed by atoms with E-state index in [0.717, 1.165) is 35.4 Å². The highest BCUT2D eigenvalue weighted by molar-refractivity contribution is 7.89. The molecule has 7 nitrogen and oxygen atoms in total. The second-order valence-corrected chi connectivity index (χ2v) is 9.80. The van der Waals surface area contributed by atoms with Crippen molar-refractivity contribution in [1.82, 2.24) is 19.5 Å². The second kappa shape index (κ2) is 8.80. The van der Waals surface area contributed by atoms with Crippen molar-refractivity contribution in [2.45, 2.75) is 57.0 Å². The minimum Gasteiger partial charge on any atom is -0.496 e. The van der Waals surface area contributed by atoms with Gasteiger partial charge in [0.2, 0.25) is 10.0 Å². The predicted octanol–water partition coefficient (Wildman–Crippen LogP) is 4.16. The summed E-state index contributed by atoms with van der Waals surface area (Å²) >= 11 is 0. The Kier molecular flexibility index (Phi) is 6.11. The fourth-order valence-electron chi connectivity index (χ4n) is 4.30. The third-order valence-electron chi connectivity index (χ3n) is 5.78. The van der Waals surface area contributed by atoms with Crippen LogP contribution in [0.15, 0.2) is 47.5 Å². The van der Waals surface area contributed by atoms with Gasteiger partial charge in [-0.05, 0) is 68.1 Å². The maximum absolute atomic E-state index is 12.9. The summed E-state index contributed by atoms with van der Waals surface area (Å²) in [7, 11) is -2.10. The number of sulfonamides is 1. The maximum Gasteiger partial charge on any atom is 0.240 e. The first kappa shape index (κ1) is 21.5. The SMILES string of the molecule is COc1c(C)cc(S(=O)(=O)NCc2cc(-c3ccccn3)n(C3CCCC3)n2)cc1C. The normalized spacial score (nSPS) is 14.8. The lowest BCUT2D eigenvalue weighted by Crippen LogP contribution is -2.24. The summed E-state index contributed by atoms with van der Waals surface area (Å²) < 4.78 is 35.9. The van der Waals surface area contributed by atoms with E-state index in [1.165, 1.54) is 12.8 Å². The van der Waals surface area contributed by atoms with E-state index < -0.39 is 10.0 Å². The summed E-state index contributed by atoms with van der Waals surface area (Å²) in [5.41, 5.74) is 4.02. The van der Waals surface area contributed by atoms with Crippen molar-refractivity contribution in [3.8, 4) is 17.1 Å². The van der Waals surface area contributed by atoms with Crippen molar-refractivity contribution < 1.29 is 13.2 Å². The number of pyridine rings is 1. The Morgan fingerprint density at radius 3 is 2.45 bits per heavy atom. The van der Waals surface area contributed by atoms with Gasteiger partial charge in [0.15, 0.2) is 0 Å². The highest BCUT2D eigenvalue weighted by atomic mass is 32.2. The van der Waals surface area contributed by atoms with Gasteiger partial charge in [0.1, 0.15) is 5.75 Å². The predicted molar refractivity (Wildman–Crippen MR) is 119 cm³/mol. The molecule has 1 fully saturated rings. The van der Waals surface area contributed by atoms with E-state index in [9.17, 15) is 8.42 Å². The van der Waals surface area contributed by atoms with Gasteiger partial charge in [-0.3, -0.25) is 9.67 Å². The van der Waals surface area contributed by atoms with Gasteiger partial charge in [-0.15, -0.1) is 0 Å². The molecule has 0 saturated heterocycles. The molecule has 0 aliphatic heterocycles. The van der Waals surface area contributed by atoms with E-state index in [1.807, 2.05) is 42.8 Å². The minimum atomic E-state index is -3.69. The van der Waals surface area contributed by atoms with E-state index in [-0.39, 0.29) is 11.4 Å². The van der Waals surface area contributed by atoms with E-state index in [0.29, 0.717) is 17.5 Å². The summed E-state index contributed by atoms with van der Waals surface area (Å²) in [6, 6.07) is 11.3. The molecule has 31 heavy (non-hydrogen) atoms. The monoisotopic (exact) mass is 440 g/mol. The van der Waals surface area contributed by atoms with Crippen LogP contribution in [0.3, 0.4) is 0 Å². The number of benzene rings is 1. The van der Waals surface area contributed by atoms with E-state index in [2.05, 4.69) is 9.71 Å². The largest absolute Gasteiger partial charge is 0.496 e. The molecule has 1 saturated carbocycles. The first-order valence-electron chi connectivity index (χ1n) is 10.5. The Labute approximate surface area is 183 Å². The zero-order chi connectivity index (χ0) is 22.0. The average Bonchev–Trinajstić information content (AvgIpc) is 3.42. The molecule has 1 aromatic carbocycles. The van der Waals surface area contributed by atoms with E-state index >= 15 is 0 Å². The summed E-state index contributed by atoms with van der Waals surface area (Å²) in [4.78, 5) is 4.70. The fraction of sp³-hybridized carbons (Fsp3) is 0.391. The third-order valence-corrected chi connectivity index (χ3v) is 7.16. The first-order chi connectivity index (χ1) is 14.9. The van der Waals surface area contributed by atoms with Crippen molar-refractivity contribution in [2.24, 2.45) is 0 Å².